The van der Waals surface area contributed by atoms with Crippen molar-refractivity contribution < 1.29 is 8.42 Å². The normalized spacial score (nSPS) is 16.7. The van der Waals surface area contributed by atoms with Crippen LogP contribution in [0.2, 0.25) is 0 Å². The van der Waals surface area contributed by atoms with Crippen LogP contribution in [0.1, 0.15) is 40.5 Å². The van der Waals surface area contributed by atoms with Gasteiger partial charge in [-0.3, -0.25) is 0 Å². The highest BCUT2D eigenvalue weighted by Gasteiger charge is 2.26. The Morgan fingerprint density at radius 1 is 1.20 bits per heavy atom. The van der Waals surface area contributed by atoms with Crippen LogP contribution in [0.4, 0.5) is 0 Å². The summed E-state index contributed by atoms with van der Waals surface area (Å²) in [5.74, 6) is 0.755. The first kappa shape index (κ1) is 14.9. The van der Waals surface area contributed by atoms with Crippen LogP contribution in [0.3, 0.4) is 0 Å². The molecule has 0 saturated heterocycles. The third-order valence-electron chi connectivity index (χ3n) is 2.92. The topological polar surface area (TPSA) is 46.2 Å². The van der Waals surface area contributed by atoms with Gasteiger partial charge < -0.3 is 5.32 Å². The van der Waals surface area contributed by atoms with Gasteiger partial charge in [0, 0.05) is 6.04 Å². The van der Waals surface area contributed by atoms with Crippen LogP contribution < -0.4 is 5.32 Å². The van der Waals surface area contributed by atoms with E-state index >= 15 is 0 Å². The van der Waals surface area contributed by atoms with Crippen LogP contribution in [-0.2, 0) is 9.84 Å². The Kier molecular flexibility index (Phi) is 6.44. The summed E-state index contributed by atoms with van der Waals surface area (Å²) in [6, 6.07) is 0.0714. The van der Waals surface area contributed by atoms with Crippen molar-refractivity contribution in [2.45, 2.75) is 51.8 Å². The SMILES string of the molecule is CCC(NC)C(C)S(=O)(=O)CCC(C)C. The van der Waals surface area contributed by atoms with E-state index in [9.17, 15) is 8.42 Å². The molecule has 4 heteroatoms. The Hall–Kier alpha value is -0.0900. The number of rotatable bonds is 7. The van der Waals surface area contributed by atoms with Crippen LogP contribution in [0.15, 0.2) is 0 Å². The van der Waals surface area contributed by atoms with Crippen LogP contribution in [0.5, 0.6) is 0 Å². The van der Waals surface area contributed by atoms with Gasteiger partial charge in [0.2, 0.25) is 0 Å². The molecule has 2 atom stereocenters. The van der Waals surface area contributed by atoms with E-state index in [-0.39, 0.29) is 11.3 Å². The average Bonchev–Trinajstić information content (AvgIpc) is 2.16. The lowest BCUT2D eigenvalue weighted by Crippen LogP contribution is -2.41. The van der Waals surface area contributed by atoms with Crippen molar-refractivity contribution >= 4 is 9.84 Å². The monoisotopic (exact) mass is 235 g/mol. The maximum absolute atomic E-state index is 12.0. The van der Waals surface area contributed by atoms with Gasteiger partial charge in [0.05, 0.1) is 11.0 Å². The molecule has 0 bridgehead atoms. The minimum absolute atomic E-state index is 0.0714. The van der Waals surface area contributed by atoms with Crippen molar-refractivity contribution in [3.63, 3.8) is 0 Å². The van der Waals surface area contributed by atoms with E-state index in [1.807, 2.05) is 14.0 Å². The predicted octanol–water partition coefficient (Wildman–Crippen LogP) is 1.83. The van der Waals surface area contributed by atoms with E-state index in [0.717, 1.165) is 12.8 Å². The van der Waals surface area contributed by atoms with Crippen molar-refractivity contribution in [3.05, 3.63) is 0 Å². The van der Waals surface area contributed by atoms with Gasteiger partial charge >= 0.3 is 0 Å². The predicted molar refractivity (Wildman–Crippen MR) is 65.8 cm³/mol. The van der Waals surface area contributed by atoms with Crippen molar-refractivity contribution in [1.29, 1.82) is 0 Å². The molecular formula is C11H25NO2S. The molecule has 0 amide bonds. The highest BCUT2D eigenvalue weighted by atomic mass is 32.2. The first-order chi connectivity index (χ1) is 6.85. The summed E-state index contributed by atoms with van der Waals surface area (Å²) < 4.78 is 23.9. The van der Waals surface area contributed by atoms with Crippen molar-refractivity contribution in [1.82, 2.24) is 5.32 Å². The van der Waals surface area contributed by atoms with Gasteiger partial charge in [-0.25, -0.2) is 8.42 Å². The molecule has 0 heterocycles. The maximum Gasteiger partial charge on any atom is 0.154 e. The van der Waals surface area contributed by atoms with Gasteiger partial charge in [0.1, 0.15) is 0 Å². The molecule has 0 radical (unpaired) electrons. The minimum atomic E-state index is -2.94. The molecule has 0 aromatic carbocycles. The van der Waals surface area contributed by atoms with E-state index in [4.69, 9.17) is 0 Å². The largest absolute Gasteiger partial charge is 0.316 e. The number of hydrogen-bond acceptors (Lipinski definition) is 3. The summed E-state index contributed by atoms with van der Waals surface area (Å²) in [5, 5.41) is 2.78. The zero-order valence-electron chi connectivity index (χ0n) is 10.6. The van der Waals surface area contributed by atoms with Crippen molar-refractivity contribution in [2.24, 2.45) is 5.92 Å². The van der Waals surface area contributed by atoms with Crippen LogP contribution >= 0.6 is 0 Å². The van der Waals surface area contributed by atoms with Gasteiger partial charge in [-0.05, 0) is 32.7 Å². The fraction of sp³-hybridized carbons (Fsp3) is 1.00. The Bertz CT molecular complexity index is 256. The molecule has 0 aromatic heterocycles. The maximum atomic E-state index is 12.0. The summed E-state index contributed by atoms with van der Waals surface area (Å²) in [5.41, 5.74) is 0. The molecule has 2 unspecified atom stereocenters. The van der Waals surface area contributed by atoms with Crippen molar-refractivity contribution in [2.75, 3.05) is 12.8 Å². The molecule has 0 saturated carbocycles. The molecule has 0 spiro atoms. The van der Waals surface area contributed by atoms with Crippen molar-refractivity contribution in [3.8, 4) is 0 Å². The molecule has 15 heavy (non-hydrogen) atoms. The third-order valence-corrected chi connectivity index (χ3v) is 5.19. The molecule has 3 nitrogen and oxygen atoms in total. The van der Waals surface area contributed by atoms with E-state index in [0.29, 0.717) is 11.7 Å². The Morgan fingerprint density at radius 3 is 2.07 bits per heavy atom. The molecule has 0 fully saturated rings. The van der Waals surface area contributed by atoms with E-state index in [1.54, 1.807) is 6.92 Å². The molecular weight excluding hydrogens is 210 g/mol. The molecule has 0 rings (SSSR count). The summed E-state index contributed by atoms with van der Waals surface area (Å²) >= 11 is 0. The van der Waals surface area contributed by atoms with Crippen LogP contribution in [0.25, 0.3) is 0 Å². The van der Waals surface area contributed by atoms with Gasteiger partial charge in [0.15, 0.2) is 9.84 Å². The second-order valence-corrected chi connectivity index (χ2v) is 7.04. The van der Waals surface area contributed by atoms with Gasteiger partial charge in [-0.15, -0.1) is 0 Å². The average molecular weight is 235 g/mol. The standard InChI is InChI=1S/C11H25NO2S/c1-6-11(12-5)10(4)15(13,14)8-7-9(2)3/h9-12H,6-8H2,1-5H3. The van der Waals surface area contributed by atoms with E-state index in [1.165, 1.54) is 0 Å². The molecule has 0 aliphatic rings. The lowest BCUT2D eigenvalue weighted by Gasteiger charge is -2.22. The second kappa shape index (κ2) is 6.48. The fourth-order valence-corrected chi connectivity index (χ4v) is 3.61. The Labute approximate surface area is 94.6 Å². The third kappa shape index (κ3) is 4.98. The molecule has 0 aliphatic heterocycles. The lowest BCUT2D eigenvalue weighted by atomic mass is 10.2. The lowest BCUT2D eigenvalue weighted by molar-refractivity contribution is 0.500. The number of hydrogen-bond donors (Lipinski definition) is 1. The summed E-state index contributed by atoms with van der Waals surface area (Å²) in [6.45, 7) is 7.92. The number of nitrogens with one attached hydrogen (secondary N) is 1. The minimum Gasteiger partial charge on any atom is -0.316 e. The quantitative estimate of drug-likeness (QED) is 0.732. The van der Waals surface area contributed by atoms with E-state index in [2.05, 4.69) is 19.2 Å². The zero-order chi connectivity index (χ0) is 12.1. The fourth-order valence-electron chi connectivity index (χ4n) is 1.61. The first-order valence-corrected chi connectivity index (χ1v) is 7.45. The molecule has 92 valence electrons. The molecule has 1 N–H and O–H groups in total. The smallest absolute Gasteiger partial charge is 0.154 e. The zero-order valence-corrected chi connectivity index (χ0v) is 11.4. The Balaban J connectivity index is 4.44. The Morgan fingerprint density at radius 2 is 1.73 bits per heavy atom. The summed E-state index contributed by atoms with van der Waals surface area (Å²) in [4.78, 5) is 0. The number of sulfone groups is 1. The second-order valence-electron chi connectivity index (χ2n) is 4.56. The van der Waals surface area contributed by atoms with Crippen LogP contribution in [0, 0.1) is 5.92 Å². The summed E-state index contributed by atoms with van der Waals surface area (Å²) in [6.07, 6.45) is 1.60. The highest BCUT2D eigenvalue weighted by molar-refractivity contribution is 7.92. The summed E-state index contributed by atoms with van der Waals surface area (Å²) in [7, 11) is -1.12. The van der Waals surface area contributed by atoms with Crippen LogP contribution in [-0.4, -0.2) is 32.5 Å². The highest BCUT2D eigenvalue weighted by Crippen LogP contribution is 2.13. The first-order valence-electron chi connectivity index (χ1n) is 5.74. The molecule has 0 aromatic rings. The van der Waals surface area contributed by atoms with Gasteiger partial charge in [-0.1, -0.05) is 20.8 Å². The van der Waals surface area contributed by atoms with Gasteiger partial charge in [-0.2, -0.15) is 0 Å². The van der Waals surface area contributed by atoms with E-state index < -0.39 is 9.84 Å². The molecule has 0 aliphatic carbocycles. The van der Waals surface area contributed by atoms with Gasteiger partial charge in [0.25, 0.3) is 0 Å².